The van der Waals surface area contributed by atoms with Crippen molar-refractivity contribution in [3.8, 4) is 34.3 Å². The molecule has 6 N–H and O–H groups in total. The van der Waals surface area contributed by atoms with Crippen LogP contribution in [0.4, 0.5) is 5.95 Å². The Bertz CT molecular complexity index is 3710. The molecule has 6 aromatic heterocycles. The van der Waals surface area contributed by atoms with Crippen LogP contribution in [-0.4, -0.2) is 141 Å². The zero-order valence-corrected chi connectivity index (χ0v) is 40.8. The van der Waals surface area contributed by atoms with E-state index in [0.717, 1.165) is 41.8 Å². The van der Waals surface area contributed by atoms with Gasteiger partial charge in [0.15, 0.2) is 44.6 Å². The average Bonchev–Trinajstić information content (AvgIpc) is 3.40. The lowest BCUT2D eigenvalue weighted by Crippen LogP contribution is -2.40. The summed E-state index contributed by atoms with van der Waals surface area (Å²) in [5.74, 6) is -9.28. The maximum Gasteiger partial charge on any atom is 0.322 e. The molecule has 1 aliphatic rings. The van der Waals surface area contributed by atoms with Gasteiger partial charge in [0.05, 0.1) is 34.5 Å². The second-order valence-corrected chi connectivity index (χ2v) is 17.4. The molecule has 388 valence electrons. The third-order valence-electron chi connectivity index (χ3n) is 11.3. The van der Waals surface area contributed by atoms with Crippen molar-refractivity contribution in [1.82, 2.24) is 60.1 Å². The van der Waals surface area contributed by atoms with E-state index in [1.807, 2.05) is 15.5 Å². The third-order valence-corrected chi connectivity index (χ3v) is 11.8. The molecule has 75 heavy (non-hydrogen) atoms. The molecule has 7 heterocycles. The number of benzene rings is 1. The Morgan fingerprint density at radius 1 is 0.747 bits per heavy atom. The predicted molar refractivity (Wildman–Crippen MR) is 263 cm³/mol. The van der Waals surface area contributed by atoms with Crippen LogP contribution in [0.25, 0.3) is 44.4 Å². The highest BCUT2D eigenvalue weighted by Crippen LogP contribution is 2.36. The number of thioether (sulfide) groups is 1. The SMILES string of the molecule is CSc1ncc2c(On3c(=O)c(C(=O)NCC(=O)O)c(O)c4cc(-c5ccccc5OC(C)C)nnc43)c(C(=O)NCC(=O)O)c(=O)n(Oc3c(C(=O)NCC=O)c(=O)n(C)c4nc(N5CCCCC5)ncc34)c2n1. The molecule has 29 heteroatoms. The number of hydrogen-bond donors (Lipinski definition) is 6. The maximum atomic E-state index is 15.2. The maximum absolute atomic E-state index is 15.2. The zero-order valence-electron chi connectivity index (χ0n) is 40.0. The van der Waals surface area contributed by atoms with Gasteiger partial charge in [-0.15, -0.1) is 19.7 Å². The van der Waals surface area contributed by atoms with Crippen LogP contribution >= 0.6 is 11.8 Å². The number of pyridine rings is 3. The molecule has 0 atom stereocenters. The first-order chi connectivity index (χ1) is 35.9. The monoisotopic (exact) mass is 1050 g/mol. The van der Waals surface area contributed by atoms with Gasteiger partial charge in [-0.1, -0.05) is 23.9 Å². The fourth-order valence-electron chi connectivity index (χ4n) is 7.89. The Hall–Kier alpha value is -9.54. The molecule has 1 saturated heterocycles. The van der Waals surface area contributed by atoms with E-state index in [-0.39, 0.29) is 38.7 Å². The van der Waals surface area contributed by atoms with Gasteiger partial charge in [0.25, 0.3) is 23.3 Å². The number of para-hydroxylation sites is 1. The summed E-state index contributed by atoms with van der Waals surface area (Å²) in [5.41, 5.74) is -8.16. The number of nitrogens with zero attached hydrogens (tertiary/aromatic N) is 10. The fourth-order valence-corrected chi connectivity index (χ4v) is 8.23. The van der Waals surface area contributed by atoms with E-state index in [0.29, 0.717) is 35.4 Å². The van der Waals surface area contributed by atoms with Crippen molar-refractivity contribution in [3.05, 3.63) is 90.5 Å². The van der Waals surface area contributed by atoms with Crippen LogP contribution < -0.4 is 51.9 Å². The van der Waals surface area contributed by atoms with Crippen LogP contribution in [0.1, 0.15) is 64.2 Å². The minimum absolute atomic E-state index is 0.0173. The Labute approximate surface area is 424 Å². The van der Waals surface area contributed by atoms with E-state index in [4.69, 9.17) is 14.4 Å². The number of aliphatic carboxylic acids is 2. The standard InChI is InChI=1S/C46H43N13O15S/c1-21(2)72-27-11-7-6-10-22(27)26-16-23-33(65)30(39(66)48-19-28(61)62)43(70)59(38(23)55-54-26)74-35-25-18-51-46(75-4)53-37(25)58(44(71)32(35)41(68)49-20-29(63)64)73-34-24-17-50-45(57-13-8-5-9-14-57)52-36(24)56(3)42(69)31(34)40(67)47-12-15-60/h6-7,10-11,15-18,21,65H,5,8-9,12-14,19-20H2,1-4H3,(H,47,67)(H,48,66)(H,49,68)(H,61,62)(H,63,64). The first kappa shape index (κ1) is 51.8. The molecule has 0 radical (unpaired) electrons. The highest BCUT2D eigenvalue weighted by atomic mass is 32.2. The molecule has 0 unspecified atom stereocenters. The van der Waals surface area contributed by atoms with Gasteiger partial charge >= 0.3 is 23.1 Å². The number of aromatic hydroxyl groups is 1. The van der Waals surface area contributed by atoms with Gasteiger partial charge in [-0.05, 0) is 57.6 Å². The predicted octanol–water partition coefficient (Wildman–Crippen LogP) is 0.652. The number of carboxylic acid groups (broad SMARTS) is 2. The number of anilines is 1. The van der Waals surface area contributed by atoms with E-state index >= 15 is 4.79 Å². The van der Waals surface area contributed by atoms with Crippen molar-refractivity contribution < 1.29 is 58.5 Å². The van der Waals surface area contributed by atoms with Crippen LogP contribution in [0.15, 0.2) is 62.3 Å². The van der Waals surface area contributed by atoms with Gasteiger partial charge in [0.1, 0.15) is 30.9 Å². The van der Waals surface area contributed by atoms with Crippen molar-refractivity contribution >= 4 is 86.8 Å². The first-order valence-electron chi connectivity index (χ1n) is 22.6. The molecule has 0 bridgehead atoms. The number of carbonyl (C=O) groups is 6. The lowest BCUT2D eigenvalue weighted by molar-refractivity contribution is -0.136. The number of aryl methyl sites for hydroxylation is 1. The van der Waals surface area contributed by atoms with Crippen molar-refractivity contribution in [3.63, 3.8) is 0 Å². The van der Waals surface area contributed by atoms with Gasteiger partial charge in [0, 0.05) is 38.1 Å². The molecular formula is C46H43N13O15S. The second-order valence-electron chi connectivity index (χ2n) is 16.6. The summed E-state index contributed by atoms with van der Waals surface area (Å²) in [6.45, 7) is 2.01. The lowest BCUT2D eigenvalue weighted by atomic mass is 10.1. The van der Waals surface area contributed by atoms with E-state index in [9.17, 15) is 53.7 Å². The van der Waals surface area contributed by atoms with Crippen LogP contribution in [0.3, 0.4) is 0 Å². The van der Waals surface area contributed by atoms with Crippen LogP contribution in [0.5, 0.6) is 23.0 Å². The number of aromatic nitrogens is 9. The average molecular weight is 1050 g/mol. The van der Waals surface area contributed by atoms with Gasteiger partial charge in [-0.25, -0.2) is 15.0 Å². The summed E-state index contributed by atoms with van der Waals surface area (Å²) in [6, 6.07) is 7.74. The Morgan fingerprint density at radius 2 is 1.33 bits per heavy atom. The number of fused-ring (bicyclic) bond motifs is 3. The molecule has 1 aromatic carbocycles. The molecule has 0 saturated carbocycles. The topological polar surface area (TPSA) is 373 Å². The van der Waals surface area contributed by atoms with Gasteiger partial charge < -0.3 is 55.4 Å². The third kappa shape index (κ3) is 10.3. The Morgan fingerprint density at radius 3 is 1.97 bits per heavy atom. The van der Waals surface area contributed by atoms with Crippen molar-refractivity contribution in [2.24, 2.45) is 7.05 Å². The van der Waals surface area contributed by atoms with Crippen molar-refractivity contribution in [2.45, 2.75) is 44.4 Å². The molecule has 1 aliphatic heterocycles. The highest BCUT2D eigenvalue weighted by molar-refractivity contribution is 7.98. The molecule has 0 spiro atoms. The fraction of sp³-hybridized carbons (Fsp3) is 0.283. The smallest absolute Gasteiger partial charge is 0.322 e. The number of carbonyl (C=O) groups excluding carboxylic acids is 4. The van der Waals surface area contributed by atoms with E-state index in [2.05, 4.69) is 35.5 Å². The summed E-state index contributed by atoms with van der Waals surface area (Å²) in [4.78, 5) is 153. The van der Waals surface area contributed by atoms with E-state index in [1.54, 1.807) is 44.4 Å². The summed E-state index contributed by atoms with van der Waals surface area (Å²) in [5, 5.41) is 44.3. The van der Waals surface area contributed by atoms with Crippen LogP contribution in [0.2, 0.25) is 0 Å². The number of amides is 3. The number of nitrogens with one attached hydrogen (secondary N) is 3. The molecule has 8 rings (SSSR count). The summed E-state index contributed by atoms with van der Waals surface area (Å²) < 4.78 is 7.60. The number of hydrogen-bond acceptors (Lipinski definition) is 21. The molecule has 7 aromatic rings. The van der Waals surface area contributed by atoms with Crippen LogP contribution in [-0.2, 0) is 21.4 Å². The zero-order chi connectivity index (χ0) is 53.8. The Kier molecular flexibility index (Phi) is 15.0. The first-order valence-corrected chi connectivity index (χ1v) is 23.8. The number of piperidine rings is 1. The molecule has 0 aliphatic carbocycles. The van der Waals surface area contributed by atoms with Crippen molar-refractivity contribution in [1.29, 1.82) is 0 Å². The van der Waals surface area contributed by atoms with Gasteiger partial charge in [-0.3, -0.25) is 42.9 Å². The second kappa shape index (κ2) is 21.7. The van der Waals surface area contributed by atoms with Gasteiger partial charge in [0.2, 0.25) is 11.6 Å². The van der Waals surface area contributed by atoms with E-state index < -0.39 is 122 Å². The number of ether oxygens (including phenoxy) is 1. The van der Waals surface area contributed by atoms with Gasteiger partial charge in [-0.2, -0.15) is 4.98 Å². The summed E-state index contributed by atoms with van der Waals surface area (Å²) in [7, 11) is 1.32. The molecule has 1 fully saturated rings. The van der Waals surface area contributed by atoms with E-state index in [1.165, 1.54) is 19.3 Å². The number of rotatable bonds is 18. The number of carboxylic acids is 2. The molecular weight excluding hydrogens is 1010 g/mol. The molecule has 3 amide bonds. The molecule has 28 nitrogen and oxygen atoms in total. The minimum atomic E-state index is -1.58. The minimum Gasteiger partial charge on any atom is -0.506 e. The largest absolute Gasteiger partial charge is 0.506 e. The van der Waals surface area contributed by atoms with Crippen molar-refractivity contribution in [2.75, 3.05) is 43.9 Å². The van der Waals surface area contributed by atoms with Crippen LogP contribution in [0, 0.1) is 0 Å². The summed E-state index contributed by atoms with van der Waals surface area (Å²) >= 11 is 0.946. The highest BCUT2D eigenvalue weighted by Gasteiger charge is 2.33. The summed E-state index contributed by atoms with van der Waals surface area (Å²) in [6.07, 6.45) is 6.45. The quantitative estimate of drug-likeness (QED) is 0.0390. The normalized spacial score (nSPS) is 12.4. The number of aldehydes is 1. The lowest BCUT2D eigenvalue weighted by Gasteiger charge is -2.27. The Balaban J connectivity index is 1.42.